The number of aldehydes is 1. The molecule has 0 saturated heterocycles. The van der Waals surface area contributed by atoms with Gasteiger partial charge in [-0.1, -0.05) is 23.3 Å². The number of rotatable bonds is 3. The van der Waals surface area contributed by atoms with Crippen LogP contribution in [0, 0.1) is 0 Å². The maximum absolute atomic E-state index is 12.9. The molecule has 3 rings (SSSR count). The van der Waals surface area contributed by atoms with Crippen molar-refractivity contribution in [3.05, 3.63) is 77.5 Å². The monoisotopic (exact) mass is 352 g/mol. The van der Waals surface area contributed by atoms with Gasteiger partial charge in [0.25, 0.3) is 11.1 Å². The molecule has 0 saturated carbocycles. The highest BCUT2D eigenvalue weighted by Crippen LogP contribution is 2.25. The molecule has 0 fully saturated rings. The standard InChI is InChI=1S/C16H12N6O4/c1-20-13-11(15(25)21(2)16(20)26)12(18-19-17)10(8-23)14(24)22(13)9-6-4-3-5-7-9/h3-8H,1-2H3. The van der Waals surface area contributed by atoms with Crippen LogP contribution >= 0.6 is 0 Å². The summed E-state index contributed by atoms with van der Waals surface area (Å²) in [4.78, 5) is 52.1. The van der Waals surface area contributed by atoms with Crippen LogP contribution in [-0.4, -0.2) is 20.0 Å². The second-order valence-corrected chi connectivity index (χ2v) is 5.45. The lowest BCUT2D eigenvalue weighted by Crippen LogP contribution is -2.40. The van der Waals surface area contributed by atoms with Crippen molar-refractivity contribution in [3.63, 3.8) is 0 Å². The summed E-state index contributed by atoms with van der Waals surface area (Å²) in [5.74, 6) is 0. The number of azide groups is 1. The number of benzene rings is 1. The van der Waals surface area contributed by atoms with Gasteiger partial charge in [0.1, 0.15) is 5.65 Å². The van der Waals surface area contributed by atoms with Crippen LogP contribution in [-0.2, 0) is 14.1 Å². The predicted molar refractivity (Wildman–Crippen MR) is 94.2 cm³/mol. The minimum atomic E-state index is -0.802. The van der Waals surface area contributed by atoms with E-state index in [4.69, 9.17) is 5.53 Å². The van der Waals surface area contributed by atoms with Gasteiger partial charge in [-0.3, -0.25) is 28.1 Å². The van der Waals surface area contributed by atoms with Crippen molar-refractivity contribution in [1.29, 1.82) is 0 Å². The second-order valence-electron chi connectivity index (χ2n) is 5.45. The summed E-state index contributed by atoms with van der Waals surface area (Å²) >= 11 is 0. The number of carbonyl (C=O) groups excluding carboxylic acids is 1. The lowest BCUT2D eigenvalue weighted by atomic mass is 10.1. The zero-order chi connectivity index (χ0) is 19.0. The van der Waals surface area contributed by atoms with Crippen molar-refractivity contribution in [2.45, 2.75) is 0 Å². The zero-order valence-corrected chi connectivity index (χ0v) is 13.8. The summed E-state index contributed by atoms with van der Waals surface area (Å²) in [6.07, 6.45) is 0.232. The van der Waals surface area contributed by atoms with Crippen molar-refractivity contribution in [3.8, 4) is 5.69 Å². The van der Waals surface area contributed by atoms with Gasteiger partial charge in [0.05, 0.1) is 22.3 Å². The summed E-state index contributed by atoms with van der Waals surface area (Å²) < 4.78 is 2.99. The number of aromatic nitrogens is 3. The Kier molecular flexibility index (Phi) is 4.03. The van der Waals surface area contributed by atoms with E-state index in [1.807, 2.05) is 0 Å². The fourth-order valence-electron chi connectivity index (χ4n) is 2.83. The van der Waals surface area contributed by atoms with Crippen LogP contribution < -0.4 is 16.8 Å². The van der Waals surface area contributed by atoms with Crippen LogP contribution in [0.25, 0.3) is 27.2 Å². The van der Waals surface area contributed by atoms with E-state index in [-0.39, 0.29) is 17.3 Å². The Bertz CT molecular complexity index is 1280. The first-order chi connectivity index (χ1) is 12.4. The van der Waals surface area contributed by atoms with E-state index < -0.39 is 28.1 Å². The first-order valence-corrected chi connectivity index (χ1v) is 7.38. The third-order valence-electron chi connectivity index (χ3n) is 4.05. The SMILES string of the molecule is Cn1c(=O)c2c(N=[N+]=[N-])c(C=O)c(=O)n(-c3ccccc3)c2n(C)c1=O. The number of nitrogens with zero attached hydrogens (tertiary/aromatic N) is 6. The highest BCUT2D eigenvalue weighted by Gasteiger charge is 2.22. The fraction of sp³-hybridized carbons (Fsp3) is 0.125. The maximum Gasteiger partial charge on any atom is 0.332 e. The summed E-state index contributed by atoms with van der Waals surface area (Å²) in [6, 6.07) is 8.22. The fourth-order valence-corrected chi connectivity index (χ4v) is 2.83. The molecule has 2 heterocycles. The van der Waals surface area contributed by atoms with E-state index in [1.165, 1.54) is 14.1 Å². The molecule has 26 heavy (non-hydrogen) atoms. The molecule has 2 aromatic heterocycles. The summed E-state index contributed by atoms with van der Waals surface area (Å²) in [5.41, 5.74) is 5.99. The molecular formula is C16H12N6O4. The molecule has 0 unspecified atom stereocenters. The Balaban J connectivity index is 2.81. The van der Waals surface area contributed by atoms with Crippen molar-refractivity contribution in [2.24, 2.45) is 19.2 Å². The van der Waals surface area contributed by atoms with Crippen molar-refractivity contribution in [1.82, 2.24) is 13.7 Å². The zero-order valence-electron chi connectivity index (χ0n) is 13.8. The van der Waals surface area contributed by atoms with Gasteiger partial charge in [0.15, 0.2) is 6.29 Å². The molecule has 0 N–H and O–H groups in total. The number of carbonyl (C=O) groups is 1. The first-order valence-electron chi connectivity index (χ1n) is 7.38. The minimum Gasteiger partial charge on any atom is -0.298 e. The lowest BCUT2D eigenvalue weighted by Gasteiger charge is -2.16. The number of hydrogen-bond acceptors (Lipinski definition) is 5. The summed E-state index contributed by atoms with van der Waals surface area (Å²) in [6.45, 7) is 0. The van der Waals surface area contributed by atoms with Gasteiger partial charge in [-0.05, 0) is 17.7 Å². The second kappa shape index (κ2) is 6.19. The molecule has 0 aliphatic rings. The van der Waals surface area contributed by atoms with Gasteiger partial charge in [-0.15, -0.1) is 0 Å². The Hall–Kier alpha value is -3.91. The van der Waals surface area contributed by atoms with Crippen molar-refractivity contribution >= 4 is 23.0 Å². The lowest BCUT2D eigenvalue weighted by molar-refractivity contribution is 0.112. The van der Waals surface area contributed by atoms with Gasteiger partial charge in [0.2, 0.25) is 0 Å². The van der Waals surface area contributed by atoms with E-state index in [0.29, 0.717) is 5.69 Å². The highest BCUT2D eigenvalue weighted by molar-refractivity contribution is 5.97. The van der Waals surface area contributed by atoms with E-state index >= 15 is 0 Å². The molecule has 0 aliphatic carbocycles. The Morgan fingerprint density at radius 3 is 2.27 bits per heavy atom. The number of fused-ring (bicyclic) bond motifs is 1. The molecule has 0 amide bonds. The van der Waals surface area contributed by atoms with Gasteiger partial charge >= 0.3 is 5.69 Å². The van der Waals surface area contributed by atoms with E-state index in [9.17, 15) is 19.2 Å². The van der Waals surface area contributed by atoms with Crippen LogP contribution in [0.2, 0.25) is 0 Å². The summed E-state index contributed by atoms with van der Waals surface area (Å²) in [7, 11) is 2.63. The molecule has 0 radical (unpaired) electrons. The Morgan fingerprint density at radius 2 is 1.69 bits per heavy atom. The quantitative estimate of drug-likeness (QED) is 0.302. The predicted octanol–water partition coefficient (Wildman–Crippen LogP) is 1.14. The van der Waals surface area contributed by atoms with Crippen molar-refractivity contribution in [2.75, 3.05) is 0 Å². The smallest absolute Gasteiger partial charge is 0.298 e. The largest absolute Gasteiger partial charge is 0.332 e. The number of pyridine rings is 1. The average molecular weight is 352 g/mol. The van der Waals surface area contributed by atoms with Crippen LogP contribution in [0.5, 0.6) is 0 Å². The molecule has 10 nitrogen and oxygen atoms in total. The molecule has 10 heteroatoms. The normalized spacial score (nSPS) is 10.5. The topological polar surface area (TPSA) is 132 Å². The molecular weight excluding hydrogens is 340 g/mol. The van der Waals surface area contributed by atoms with Crippen molar-refractivity contribution < 1.29 is 4.79 Å². The Labute approximate surface area is 144 Å². The minimum absolute atomic E-state index is 0.0673. The third kappa shape index (κ3) is 2.25. The molecule has 0 atom stereocenters. The first kappa shape index (κ1) is 16.9. The molecule has 0 aliphatic heterocycles. The van der Waals surface area contributed by atoms with Crippen LogP contribution in [0.15, 0.2) is 49.8 Å². The number of para-hydroxylation sites is 1. The number of hydrogen-bond donors (Lipinski definition) is 0. The molecule has 0 bridgehead atoms. The van der Waals surface area contributed by atoms with Crippen LogP contribution in [0.1, 0.15) is 10.4 Å². The van der Waals surface area contributed by atoms with Gasteiger partial charge in [-0.25, -0.2) is 4.79 Å². The van der Waals surface area contributed by atoms with Crippen LogP contribution in [0.4, 0.5) is 5.69 Å². The highest BCUT2D eigenvalue weighted by atomic mass is 16.2. The summed E-state index contributed by atoms with van der Waals surface area (Å²) in [5, 5.41) is 3.18. The van der Waals surface area contributed by atoms with E-state index in [1.54, 1.807) is 30.3 Å². The molecule has 130 valence electrons. The average Bonchev–Trinajstić information content (AvgIpc) is 2.65. The van der Waals surface area contributed by atoms with Gasteiger partial charge < -0.3 is 0 Å². The maximum atomic E-state index is 12.9. The van der Waals surface area contributed by atoms with Crippen LogP contribution in [0.3, 0.4) is 0 Å². The molecule has 1 aromatic carbocycles. The van der Waals surface area contributed by atoms with Gasteiger partial charge in [0, 0.05) is 19.0 Å². The van der Waals surface area contributed by atoms with Gasteiger partial charge in [-0.2, -0.15) is 0 Å². The Morgan fingerprint density at radius 1 is 1.04 bits per heavy atom. The molecule has 3 aromatic rings. The third-order valence-corrected chi connectivity index (χ3v) is 4.05. The number of aryl methyl sites for hydroxylation is 1. The molecule has 0 spiro atoms. The van der Waals surface area contributed by atoms with E-state index in [2.05, 4.69) is 10.0 Å². The van der Waals surface area contributed by atoms with E-state index in [0.717, 1.165) is 13.7 Å².